The Hall–Kier alpha value is -3.50. The number of H-pyrrole nitrogens is 1. The first-order valence-corrected chi connectivity index (χ1v) is 8.11. The van der Waals surface area contributed by atoms with Crippen molar-refractivity contribution >= 4 is 11.0 Å². The van der Waals surface area contributed by atoms with Gasteiger partial charge in [0.25, 0.3) is 0 Å². The summed E-state index contributed by atoms with van der Waals surface area (Å²) in [6, 6.07) is 9.39. The standard InChI is InChI=1S/C17H12F4N6O/c18-12-6-2-1-4-10(12)8-26-15-11(5-3-7-22-15)13(24-26)14-23-16(28)27(25-14)9-17(19,20)21/h1-7H,8-9H2,(H,23,25,28). The van der Waals surface area contributed by atoms with Crippen LogP contribution >= 0.6 is 0 Å². The highest BCUT2D eigenvalue weighted by molar-refractivity contribution is 5.89. The summed E-state index contributed by atoms with van der Waals surface area (Å²) < 4.78 is 53.5. The van der Waals surface area contributed by atoms with E-state index in [1.54, 1.807) is 30.3 Å². The van der Waals surface area contributed by atoms with Gasteiger partial charge in [-0.15, -0.1) is 5.10 Å². The first kappa shape index (κ1) is 17.9. The lowest BCUT2D eigenvalue weighted by molar-refractivity contribution is -0.143. The normalized spacial score (nSPS) is 12.0. The fourth-order valence-corrected chi connectivity index (χ4v) is 2.82. The summed E-state index contributed by atoms with van der Waals surface area (Å²) in [6.45, 7) is -1.47. The zero-order valence-electron chi connectivity index (χ0n) is 14.1. The highest BCUT2D eigenvalue weighted by Gasteiger charge is 2.30. The maximum absolute atomic E-state index is 14.0. The van der Waals surface area contributed by atoms with Gasteiger partial charge >= 0.3 is 11.9 Å². The van der Waals surface area contributed by atoms with E-state index in [2.05, 4.69) is 20.2 Å². The van der Waals surface area contributed by atoms with E-state index in [1.807, 2.05) is 0 Å². The Morgan fingerprint density at radius 1 is 1.04 bits per heavy atom. The van der Waals surface area contributed by atoms with E-state index in [9.17, 15) is 22.4 Å². The van der Waals surface area contributed by atoms with E-state index >= 15 is 0 Å². The Kier molecular flexibility index (Phi) is 4.21. The molecule has 0 amide bonds. The first-order chi connectivity index (χ1) is 13.3. The molecule has 0 atom stereocenters. The van der Waals surface area contributed by atoms with Crippen LogP contribution in [0.15, 0.2) is 47.4 Å². The summed E-state index contributed by atoms with van der Waals surface area (Å²) in [7, 11) is 0. The van der Waals surface area contributed by atoms with Gasteiger partial charge in [0.15, 0.2) is 11.5 Å². The molecule has 0 saturated heterocycles. The SMILES string of the molecule is O=c1[nH]c(-c2nn(Cc3ccccc3F)c3ncccc23)nn1CC(F)(F)F. The van der Waals surface area contributed by atoms with Crippen molar-refractivity contribution in [3.8, 4) is 11.5 Å². The molecule has 11 heteroatoms. The van der Waals surface area contributed by atoms with Crippen LogP contribution in [0.2, 0.25) is 0 Å². The Morgan fingerprint density at radius 2 is 1.82 bits per heavy atom. The molecule has 3 aromatic heterocycles. The largest absolute Gasteiger partial charge is 0.408 e. The molecular weight excluding hydrogens is 380 g/mol. The second kappa shape index (κ2) is 6.59. The van der Waals surface area contributed by atoms with Crippen molar-refractivity contribution in [3.63, 3.8) is 0 Å². The molecule has 1 aromatic carbocycles. The third-order valence-corrected chi connectivity index (χ3v) is 4.02. The molecule has 0 fully saturated rings. The molecule has 3 heterocycles. The fourth-order valence-electron chi connectivity index (χ4n) is 2.82. The van der Waals surface area contributed by atoms with E-state index in [-0.39, 0.29) is 22.7 Å². The maximum Gasteiger partial charge on any atom is 0.408 e. The van der Waals surface area contributed by atoms with Crippen LogP contribution in [-0.2, 0) is 13.1 Å². The van der Waals surface area contributed by atoms with Crippen molar-refractivity contribution in [2.45, 2.75) is 19.3 Å². The number of fused-ring (bicyclic) bond motifs is 1. The molecule has 7 nitrogen and oxygen atoms in total. The van der Waals surface area contributed by atoms with Gasteiger partial charge in [-0.2, -0.15) is 18.3 Å². The Bertz CT molecular complexity index is 1210. The van der Waals surface area contributed by atoms with Crippen LogP contribution in [0.1, 0.15) is 5.56 Å². The smallest absolute Gasteiger partial charge is 0.287 e. The maximum atomic E-state index is 14.0. The van der Waals surface area contributed by atoms with Crippen LogP contribution in [0.4, 0.5) is 17.6 Å². The molecule has 144 valence electrons. The number of pyridine rings is 1. The predicted molar refractivity (Wildman–Crippen MR) is 90.9 cm³/mol. The summed E-state index contributed by atoms with van der Waals surface area (Å²) in [6.07, 6.45) is -3.08. The number of nitrogens with zero attached hydrogens (tertiary/aromatic N) is 5. The van der Waals surface area contributed by atoms with E-state index < -0.39 is 24.2 Å². The van der Waals surface area contributed by atoms with Crippen LogP contribution < -0.4 is 5.69 Å². The number of hydrogen-bond donors (Lipinski definition) is 1. The van der Waals surface area contributed by atoms with Gasteiger partial charge in [-0.1, -0.05) is 18.2 Å². The van der Waals surface area contributed by atoms with E-state index in [1.165, 1.54) is 16.9 Å². The Labute approximate surface area is 154 Å². The number of alkyl halides is 3. The molecule has 0 aliphatic carbocycles. The molecule has 0 radical (unpaired) electrons. The van der Waals surface area contributed by atoms with E-state index in [0.29, 0.717) is 16.6 Å². The second-order valence-electron chi connectivity index (χ2n) is 6.02. The van der Waals surface area contributed by atoms with Crippen molar-refractivity contribution in [1.82, 2.24) is 29.5 Å². The monoisotopic (exact) mass is 392 g/mol. The molecular formula is C17H12F4N6O. The molecule has 1 N–H and O–H groups in total. The number of rotatable bonds is 4. The summed E-state index contributed by atoms with van der Waals surface area (Å²) in [5.41, 5.74) is -0.113. The lowest BCUT2D eigenvalue weighted by Gasteiger charge is -2.04. The Balaban J connectivity index is 1.80. The van der Waals surface area contributed by atoms with Crippen LogP contribution in [0, 0.1) is 5.82 Å². The summed E-state index contributed by atoms with van der Waals surface area (Å²) >= 11 is 0. The van der Waals surface area contributed by atoms with Gasteiger partial charge in [-0.25, -0.2) is 23.5 Å². The highest BCUT2D eigenvalue weighted by atomic mass is 19.4. The number of hydrogen-bond acceptors (Lipinski definition) is 4. The molecule has 0 aliphatic rings. The number of benzene rings is 1. The molecule has 0 unspecified atom stereocenters. The molecule has 0 aliphatic heterocycles. The summed E-state index contributed by atoms with van der Waals surface area (Å²) in [4.78, 5) is 18.3. The van der Waals surface area contributed by atoms with Crippen LogP contribution in [-0.4, -0.2) is 35.7 Å². The minimum atomic E-state index is -4.59. The van der Waals surface area contributed by atoms with E-state index in [0.717, 1.165) is 0 Å². The van der Waals surface area contributed by atoms with Crippen molar-refractivity contribution < 1.29 is 17.6 Å². The van der Waals surface area contributed by atoms with Crippen LogP contribution in [0.25, 0.3) is 22.6 Å². The molecule has 4 aromatic rings. The topological polar surface area (TPSA) is 81.4 Å². The van der Waals surface area contributed by atoms with Gasteiger partial charge in [0.2, 0.25) is 0 Å². The first-order valence-electron chi connectivity index (χ1n) is 8.11. The quantitative estimate of drug-likeness (QED) is 0.542. The molecule has 0 spiro atoms. The summed E-state index contributed by atoms with van der Waals surface area (Å²) in [5.74, 6) is -0.550. The minimum absolute atomic E-state index is 0.0493. The number of aromatic nitrogens is 6. The minimum Gasteiger partial charge on any atom is -0.287 e. The summed E-state index contributed by atoms with van der Waals surface area (Å²) in [5, 5.41) is 8.48. The van der Waals surface area contributed by atoms with Gasteiger partial charge in [0.1, 0.15) is 18.1 Å². The fraction of sp³-hybridized carbons (Fsp3) is 0.176. The number of halogens is 4. The van der Waals surface area contributed by atoms with Crippen molar-refractivity contribution in [2.75, 3.05) is 0 Å². The predicted octanol–water partition coefficient (Wildman–Crippen LogP) is 2.73. The average Bonchev–Trinajstić information content (AvgIpc) is 3.17. The molecule has 0 saturated carbocycles. The second-order valence-corrected chi connectivity index (χ2v) is 6.02. The third-order valence-electron chi connectivity index (χ3n) is 4.02. The van der Waals surface area contributed by atoms with Crippen molar-refractivity contribution in [3.05, 3.63) is 64.5 Å². The molecule has 28 heavy (non-hydrogen) atoms. The lowest BCUT2D eigenvalue weighted by atomic mass is 10.2. The van der Waals surface area contributed by atoms with Gasteiger partial charge in [0, 0.05) is 11.8 Å². The number of nitrogens with one attached hydrogen (secondary N) is 1. The van der Waals surface area contributed by atoms with Gasteiger partial charge in [0.05, 0.1) is 11.9 Å². The van der Waals surface area contributed by atoms with Crippen molar-refractivity contribution in [1.29, 1.82) is 0 Å². The lowest BCUT2D eigenvalue weighted by Crippen LogP contribution is -2.27. The van der Waals surface area contributed by atoms with Crippen LogP contribution in [0.3, 0.4) is 0 Å². The third kappa shape index (κ3) is 3.38. The van der Waals surface area contributed by atoms with Crippen LogP contribution in [0.5, 0.6) is 0 Å². The van der Waals surface area contributed by atoms with Gasteiger partial charge < -0.3 is 0 Å². The average molecular weight is 392 g/mol. The van der Waals surface area contributed by atoms with E-state index in [4.69, 9.17) is 0 Å². The van der Waals surface area contributed by atoms with Gasteiger partial charge in [-0.3, -0.25) is 4.98 Å². The number of aromatic amines is 1. The highest BCUT2D eigenvalue weighted by Crippen LogP contribution is 2.25. The van der Waals surface area contributed by atoms with Gasteiger partial charge in [-0.05, 0) is 18.2 Å². The molecule has 4 rings (SSSR count). The Morgan fingerprint density at radius 3 is 2.57 bits per heavy atom. The van der Waals surface area contributed by atoms with Crippen molar-refractivity contribution in [2.24, 2.45) is 0 Å². The zero-order valence-corrected chi connectivity index (χ0v) is 14.1. The molecule has 0 bridgehead atoms. The zero-order chi connectivity index (χ0) is 19.9.